The highest BCUT2D eigenvalue weighted by Crippen LogP contribution is 2.17. The highest BCUT2D eigenvalue weighted by Gasteiger charge is 2.24. The number of halogens is 2. The number of aromatic nitrogens is 3. The van der Waals surface area contributed by atoms with Gasteiger partial charge in [-0.3, -0.25) is 19.1 Å². The van der Waals surface area contributed by atoms with E-state index in [0.29, 0.717) is 23.2 Å². The van der Waals surface area contributed by atoms with Gasteiger partial charge in [0.25, 0.3) is 11.5 Å². The quantitative estimate of drug-likeness (QED) is 0.342. The van der Waals surface area contributed by atoms with Crippen molar-refractivity contribution < 1.29 is 23.5 Å². The van der Waals surface area contributed by atoms with E-state index in [-0.39, 0.29) is 17.5 Å². The molecule has 184 valence electrons. The first-order chi connectivity index (χ1) is 17.1. The number of nitrogen functional groups attached to an aromatic ring is 1. The molecule has 0 bridgehead atoms. The smallest absolute Gasteiger partial charge is 0.335 e. The molecular weight excluding hydrogens is 476 g/mol. The predicted octanol–water partition coefficient (Wildman–Crippen LogP) is 1.37. The monoisotopic (exact) mass is 495 g/mol. The Hall–Kier alpha value is -4.87. The van der Waals surface area contributed by atoms with Crippen LogP contribution in [0.25, 0.3) is 16.6 Å². The lowest BCUT2D eigenvalue weighted by molar-refractivity contribution is -0.139. The first-order valence-electron chi connectivity index (χ1n) is 10.5. The zero-order chi connectivity index (χ0) is 26.1. The van der Waals surface area contributed by atoms with E-state index >= 15 is 0 Å². The second-order valence-corrected chi connectivity index (χ2v) is 7.96. The van der Waals surface area contributed by atoms with Crippen molar-refractivity contribution in [2.24, 2.45) is 7.05 Å². The molecule has 0 saturated carbocycles. The first-order valence-corrected chi connectivity index (χ1v) is 10.5. The van der Waals surface area contributed by atoms with Gasteiger partial charge < -0.3 is 16.2 Å². The van der Waals surface area contributed by atoms with Gasteiger partial charge in [-0.1, -0.05) is 12.1 Å². The lowest BCUT2D eigenvalue weighted by Crippen LogP contribution is -2.42. The van der Waals surface area contributed by atoms with Crippen molar-refractivity contribution in [1.82, 2.24) is 19.4 Å². The molecular formula is C24H19F2N5O5. The van der Waals surface area contributed by atoms with E-state index in [2.05, 4.69) is 10.3 Å². The Kier molecular flexibility index (Phi) is 6.34. The number of carbonyl (C=O) groups is 2. The minimum Gasteiger partial charge on any atom is -0.480 e. The standard InChI is InChI=1S/C24H19F2N5O5/c1-30-20-11-28-7-6-14(20)22(33)31(24(30)36)13-4-2-12(3-5-13)8-19(23(34)35)29-21(32)15-9-17(26)18(27)10-16(15)25/h2-7,9-11,19H,8,27H2,1H3,(H,29,32)(H,34,35)/t19-/m0/s1. The summed E-state index contributed by atoms with van der Waals surface area (Å²) < 4.78 is 30.0. The fraction of sp³-hybridized carbons (Fsp3) is 0.125. The number of benzene rings is 2. The lowest BCUT2D eigenvalue weighted by Gasteiger charge is -2.16. The third-order valence-corrected chi connectivity index (χ3v) is 5.64. The van der Waals surface area contributed by atoms with Gasteiger partial charge in [0.1, 0.15) is 17.7 Å². The van der Waals surface area contributed by atoms with Crippen molar-refractivity contribution in [2.45, 2.75) is 12.5 Å². The van der Waals surface area contributed by atoms with E-state index in [9.17, 15) is 33.1 Å². The van der Waals surface area contributed by atoms with Crippen LogP contribution in [-0.2, 0) is 18.3 Å². The maximum Gasteiger partial charge on any atom is 0.335 e. The number of nitrogens with two attached hydrogens (primary N) is 1. The Morgan fingerprint density at radius 1 is 1.11 bits per heavy atom. The molecule has 2 aromatic heterocycles. The number of nitrogens with zero attached hydrogens (tertiary/aromatic N) is 3. The highest BCUT2D eigenvalue weighted by atomic mass is 19.1. The fourth-order valence-electron chi connectivity index (χ4n) is 3.71. The summed E-state index contributed by atoms with van der Waals surface area (Å²) in [5.41, 5.74) is 4.00. The summed E-state index contributed by atoms with van der Waals surface area (Å²) in [4.78, 5) is 53.7. The summed E-state index contributed by atoms with van der Waals surface area (Å²) in [6, 6.07) is 7.14. The molecule has 0 aliphatic rings. The molecule has 4 rings (SSSR count). The van der Waals surface area contributed by atoms with Crippen LogP contribution in [0, 0.1) is 11.6 Å². The molecule has 2 heterocycles. The van der Waals surface area contributed by atoms with Crippen molar-refractivity contribution in [2.75, 3.05) is 5.73 Å². The molecule has 1 atom stereocenters. The molecule has 4 aromatic rings. The zero-order valence-corrected chi connectivity index (χ0v) is 18.7. The van der Waals surface area contributed by atoms with Gasteiger partial charge in [0.15, 0.2) is 0 Å². The van der Waals surface area contributed by atoms with Crippen LogP contribution in [0.2, 0.25) is 0 Å². The normalized spacial score (nSPS) is 11.9. The first kappa shape index (κ1) is 24.3. The minimum atomic E-state index is -1.48. The van der Waals surface area contributed by atoms with Crippen molar-refractivity contribution in [1.29, 1.82) is 0 Å². The van der Waals surface area contributed by atoms with Gasteiger partial charge >= 0.3 is 11.7 Å². The Morgan fingerprint density at radius 2 is 1.81 bits per heavy atom. The summed E-state index contributed by atoms with van der Waals surface area (Å²) in [7, 11) is 1.51. The average Bonchev–Trinajstić information content (AvgIpc) is 2.85. The van der Waals surface area contributed by atoms with Crippen molar-refractivity contribution in [3.8, 4) is 5.69 Å². The van der Waals surface area contributed by atoms with Crippen molar-refractivity contribution in [3.63, 3.8) is 0 Å². The number of carbonyl (C=O) groups excluding carboxylic acids is 1. The van der Waals surface area contributed by atoms with Gasteiger partial charge in [-0.25, -0.2) is 22.9 Å². The van der Waals surface area contributed by atoms with Gasteiger partial charge in [-0.2, -0.15) is 0 Å². The second-order valence-electron chi connectivity index (χ2n) is 7.96. The van der Waals surface area contributed by atoms with Crippen molar-refractivity contribution >= 4 is 28.5 Å². The molecule has 10 nitrogen and oxygen atoms in total. The number of carboxylic acid groups (broad SMARTS) is 1. The van der Waals surface area contributed by atoms with Crippen LogP contribution in [0.15, 0.2) is 64.4 Å². The van der Waals surface area contributed by atoms with Crippen LogP contribution in [0.4, 0.5) is 14.5 Å². The number of carboxylic acids is 1. The summed E-state index contributed by atoms with van der Waals surface area (Å²) in [6.07, 6.45) is 2.64. The summed E-state index contributed by atoms with van der Waals surface area (Å²) in [5.74, 6) is -4.65. The molecule has 0 spiro atoms. The van der Waals surface area contributed by atoms with E-state index in [4.69, 9.17) is 5.73 Å². The number of aryl methyl sites for hydroxylation is 1. The highest BCUT2D eigenvalue weighted by molar-refractivity contribution is 5.97. The molecule has 36 heavy (non-hydrogen) atoms. The number of rotatable bonds is 6. The van der Waals surface area contributed by atoms with Crippen LogP contribution < -0.4 is 22.3 Å². The maximum absolute atomic E-state index is 14.0. The van der Waals surface area contributed by atoms with Gasteiger partial charge in [-0.15, -0.1) is 0 Å². The molecule has 0 aliphatic carbocycles. The zero-order valence-electron chi connectivity index (χ0n) is 18.7. The lowest BCUT2D eigenvalue weighted by atomic mass is 10.0. The van der Waals surface area contributed by atoms with E-state index in [1.54, 1.807) is 0 Å². The number of anilines is 1. The van der Waals surface area contributed by atoms with Crippen LogP contribution in [0.3, 0.4) is 0 Å². The van der Waals surface area contributed by atoms with Gasteiger partial charge in [0, 0.05) is 25.7 Å². The molecule has 1 amide bonds. The number of hydrogen-bond acceptors (Lipinski definition) is 6. The molecule has 0 fully saturated rings. The van der Waals surface area contributed by atoms with E-state index in [1.807, 2.05) is 0 Å². The van der Waals surface area contributed by atoms with Gasteiger partial charge in [0.2, 0.25) is 0 Å². The Balaban J connectivity index is 1.60. The molecule has 12 heteroatoms. The number of aliphatic carboxylic acids is 1. The number of hydrogen-bond donors (Lipinski definition) is 3. The topological polar surface area (TPSA) is 149 Å². The minimum absolute atomic E-state index is 0.212. The Morgan fingerprint density at radius 3 is 2.47 bits per heavy atom. The number of pyridine rings is 1. The number of fused-ring (bicyclic) bond motifs is 1. The molecule has 2 aromatic carbocycles. The summed E-state index contributed by atoms with van der Waals surface area (Å²) >= 11 is 0. The molecule has 0 unspecified atom stereocenters. The second kappa shape index (κ2) is 9.41. The number of nitrogens with one attached hydrogen (secondary N) is 1. The molecule has 0 aliphatic heterocycles. The Labute approximate surface area is 201 Å². The van der Waals surface area contributed by atoms with Crippen molar-refractivity contribution in [3.05, 3.63) is 98.5 Å². The van der Waals surface area contributed by atoms with Crippen LogP contribution in [0.1, 0.15) is 15.9 Å². The molecule has 4 N–H and O–H groups in total. The average molecular weight is 495 g/mol. The number of amides is 1. The van der Waals surface area contributed by atoms with Gasteiger partial charge in [-0.05, 0) is 29.8 Å². The third-order valence-electron chi connectivity index (χ3n) is 5.64. The van der Waals surface area contributed by atoms with Crippen LogP contribution >= 0.6 is 0 Å². The molecule has 0 radical (unpaired) electrons. The maximum atomic E-state index is 14.0. The fourth-order valence-corrected chi connectivity index (χ4v) is 3.71. The van der Waals surface area contributed by atoms with Gasteiger partial charge in [0.05, 0.1) is 34.0 Å². The van der Waals surface area contributed by atoms with E-state index in [1.165, 1.54) is 54.3 Å². The predicted molar refractivity (Wildman–Crippen MR) is 126 cm³/mol. The van der Waals surface area contributed by atoms with Crippen LogP contribution in [-0.4, -0.2) is 37.1 Å². The summed E-state index contributed by atoms with van der Waals surface area (Å²) in [5, 5.41) is 12.0. The van der Waals surface area contributed by atoms with Crippen LogP contribution in [0.5, 0.6) is 0 Å². The Bertz CT molecular complexity index is 1630. The SMILES string of the molecule is Cn1c(=O)n(-c2ccc(C[C@H](NC(=O)c3cc(F)c(N)cc3F)C(=O)O)cc2)c(=O)c2ccncc21. The third kappa shape index (κ3) is 4.43. The van der Waals surface area contributed by atoms with E-state index < -0.39 is 52.1 Å². The van der Waals surface area contributed by atoms with E-state index in [0.717, 1.165) is 4.57 Å². The molecule has 0 saturated heterocycles. The largest absolute Gasteiger partial charge is 0.480 e. The summed E-state index contributed by atoms with van der Waals surface area (Å²) in [6.45, 7) is 0.